The number of nitrogens with zero attached hydrogens (tertiary/aromatic N) is 1. The summed E-state index contributed by atoms with van der Waals surface area (Å²) < 4.78 is 2.01. The summed E-state index contributed by atoms with van der Waals surface area (Å²) >= 11 is 1.40. The molecule has 0 bridgehead atoms. The normalized spacial score (nSPS) is 17.3. The van der Waals surface area contributed by atoms with Crippen molar-refractivity contribution in [2.24, 2.45) is 0 Å². The molecule has 1 aliphatic rings. The first kappa shape index (κ1) is 10.6. The molecule has 0 aromatic heterocycles. The Balaban J connectivity index is 2.68. The van der Waals surface area contributed by atoms with Gasteiger partial charge in [0.2, 0.25) is 0 Å². The summed E-state index contributed by atoms with van der Waals surface area (Å²) in [4.78, 5) is 13.5. The van der Waals surface area contributed by atoms with E-state index in [9.17, 15) is 4.79 Å². The standard InChI is InChI=1S/C10H13NO.W/c1-4-5-9-6-7-11(8(2)3)10(9)12;/h1,4-6,8H,7H2,2-3H3;/b5-4-;. The van der Waals surface area contributed by atoms with E-state index in [4.69, 9.17) is 0 Å². The number of carbonyl (C=O) groups excluding carboxylic acids is 1. The number of hydrogen-bond donors (Lipinski definition) is 0. The van der Waals surface area contributed by atoms with Crippen LogP contribution in [0.4, 0.5) is 0 Å². The molecule has 0 fully saturated rings. The zero-order chi connectivity index (χ0) is 9.84. The van der Waals surface area contributed by atoms with Gasteiger partial charge in [-0.3, -0.25) is 0 Å². The van der Waals surface area contributed by atoms with Crippen LogP contribution in [0.5, 0.6) is 0 Å². The Morgan fingerprint density at radius 2 is 2.31 bits per heavy atom. The van der Waals surface area contributed by atoms with Gasteiger partial charge >= 0.3 is 89.6 Å². The van der Waals surface area contributed by atoms with E-state index >= 15 is 0 Å². The van der Waals surface area contributed by atoms with E-state index in [0.29, 0.717) is 6.04 Å². The first-order valence-corrected chi connectivity index (χ1v) is 5.99. The molecule has 0 aliphatic carbocycles. The summed E-state index contributed by atoms with van der Waals surface area (Å²) in [6.07, 6.45) is 5.80. The first-order valence-electron chi connectivity index (χ1n) is 4.29. The Bertz CT molecular complexity index is 279. The van der Waals surface area contributed by atoms with Crippen LogP contribution in [-0.2, 0) is 24.1 Å². The van der Waals surface area contributed by atoms with Crippen LogP contribution >= 0.6 is 0 Å². The van der Waals surface area contributed by atoms with Gasteiger partial charge < -0.3 is 0 Å². The summed E-state index contributed by atoms with van der Waals surface area (Å²) in [5, 5.41) is 0. The quantitative estimate of drug-likeness (QED) is 0.748. The van der Waals surface area contributed by atoms with Crippen LogP contribution in [-0.4, -0.2) is 27.8 Å². The zero-order valence-electron chi connectivity index (χ0n) is 7.86. The molecule has 13 heavy (non-hydrogen) atoms. The Morgan fingerprint density at radius 3 is 2.77 bits per heavy atom. The minimum atomic E-state index is 0.156. The molecule has 1 aliphatic heterocycles. The van der Waals surface area contributed by atoms with Crippen molar-refractivity contribution in [1.82, 2.24) is 4.90 Å². The molecule has 0 aromatic carbocycles. The molecule has 0 saturated heterocycles. The van der Waals surface area contributed by atoms with E-state index in [1.54, 1.807) is 0 Å². The van der Waals surface area contributed by atoms with Gasteiger partial charge in [-0.25, -0.2) is 0 Å². The molecular weight excluding hydrogens is 334 g/mol. The van der Waals surface area contributed by atoms with Gasteiger partial charge in [-0.15, -0.1) is 0 Å². The second-order valence-electron chi connectivity index (χ2n) is 3.21. The van der Waals surface area contributed by atoms with Crippen molar-refractivity contribution in [2.75, 3.05) is 6.54 Å². The number of hydrogen-bond acceptors (Lipinski definition) is 1. The molecule has 0 N–H and O–H groups in total. The second kappa shape index (κ2) is 4.66. The van der Waals surface area contributed by atoms with Crippen molar-refractivity contribution in [3.63, 3.8) is 0 Å². The predicted octanol–water partition coefficient (Wildman–Crippen LogP) is 1.07. The van der Waals surface area contributed by atoms with E-state index in [2.05, 4.69) is 0 Å². The fourth-order valence-electron chi connectivity index (χ4n) is 1.26. The van der Waals surface area contributed by atoms with Gasteiger partial charge in [-0.1, -0.05) is 0 Å². The van der Waals surface area contributed by atoms with Gasteiger partial charge in [0.25, 0.3) is 0 Å². The summed E-state index contributed by atoms with van der Waals surface area (Å²) in [5.41, 5.74) is 0.825. The third kappa shape index (κ3) is 2.47. The summed E-state index contributed by atoms with van der Waals surface area (Å²) in [5.74, 6) is 0.156. The van der Waals surface area contributed by atoms with Crippen molar-refractivity contribution >= 4 is 10.3 Å². The number of amides is 1. The van der Waals surface area contributed by atoms with Gasteiger partial charge in [0.15, 0.2) is 0 Å². The molecule has 0 aromatic rings. The van der Waals surface area contributed by atoms with Gasteiger partial charge in [0, 0.05) is 0 Å². The van der Waals surface area contributed by atoms with Crippen molar-refractivity contribution < 1.29 is 24.1 Å². The number of rotatable bonds is 3. The minimum absolute atomic E-state index is 0.156. The third-order valence-corrected chi connectivity index (χ3v) is 2.56. The Hall–Kier alpha value is -0.492. The molecule has 2 nitrogen and oxygen atoms in total. The summed E-state index contributed by atoms with van der Waals surface area (Å²) in [7, 11) is 0. The third-order valence-electron chi connectivity index (χ3n) is 1.99. The van der Waals surface area contributed by atoms with E-state index < -0.39 is 0 Å². The summed E-state index contributed by atoms with van der Waals surface area (Å²) in [6, 6.07) is 0.297. The van der Waals surface area contributed by atoms with Crippen LogP contribution in [0, 0.1) is 0 Å². The maximum absolute atomic E-state index is 11.7. The van der Waals surface area contributed by atoms with Crippen molar-refractivity contribution in [3.8, 4) is 0 Å². The first-order chi connectivity index (χ1) is 6.16. The second-order valence-corrected chi connectivity index (χ2v) is 4.18. The van der Waals surface area contributed by atoms with Gasteiger partial charge in [-0.2, -0.15) is 0 Å². The van der Waals surface area contributed by atoms with Gasteiger partial charge in [-0.05, 0) is 0 Å². The average Bonchev–Trinajstić information content (AvgIpc) is 2.43. The molecular formula is C10H13NOW. The fraction of sp³-hybridized carbons (Fsp3) is 0.400. The molecule has 0 atom stereocenters. The van der Waals surface area contributed by atoms with Crippen molar-refractivity contribution in [1.29, 1.82) is 0 Å². The van der Waals surface area contributed by atoms with Crippen molar-refractivity contribution in [2.45, 2.75) is 19.9 Å². The topological polar surface area (TPSA) is 20.3 Å². The van der Waals surface area contributed by atoms with Crippen LogP contribution in [0.2, 0.25) is 0 Å². The van der Waals surface area contributed by atoms with Crippen LogP contribution in [0.15, 0.2) is 23.8 Å². The Kier molecular flexibility index (Phi) is 3.80. The van der Waals surface area contributed by atoms with E-state index in [0.717, 1.165) is 12.1 Å². The van der Waals surface area contributed by atoms with Crippen molar-refractivity contribution in [3.05, 3.63) is 23.8 Å². The molecule has 0 unspecified atom stereocenters. The molecule has 3 heteroatoms. The molecule has 0 radical (unpaired) electrons. The molecule has 1 rings (SSSR count). The van der Waals surface area contributed by atoms with Gasteiger partial charge in [0.1, 0.15) is 0 Å². The monoisotopic (exact) mass is 347 g/mol. The van der Waals surface area contributed by atoms with Crippen LogP contribution in [0.1, 0.15) is 13.8 Å². The van der Waals surface area contributed by atoms with E-state index in [1.165, 1.54) is 19.4 Å². The van der Waals surface area contributed by atoms with Crippen LogP contribution in [0.25, 0.3) is 0 Å². The molecule has 70 valence electrons. The van der Waals surface area contributed by atoms with Crippen LogP contribution < -0.4 is 0 Å². The summed E-state index contributed by atoms with van der Waals surface area (Å²) in [6.45, 7) is 4.83. The molecule has 1 heterocycles. The van der Waals surface area contributed by atoms with Crippen LogP contribution in [0.3, 0.4) is 0 Å². The average molecular weight is 347 g/mol. The zero-order valence-corrected chi connectivity index (χ0v) is 10.8. The molecule has 0 saturated carbocycles. The Morgan fingerprint density at radius 1 is 1.62 bits per heavy atom. The number of carbonyl (C=O) groups is 1. The van der Waals surface area contributed by atoms with Gasteiger partial charge in [0.05, 0.1) is 0 Å². The maximum atomic E-state index is 11.7. The van der Waals surface area contributed by atoms with E-state index in [-0.39, 0.29) is 5.91 Å². The fourth-order valence-corrected chi connectivity index (χ4v) is 1.54. The SMILES string of the molecule is CC(C)N1CC=C(/C=C\[CH]=[W])C1=O. The predicted molar refractivity (Wildman–Crippen MR) is 50.1 cm³/mol. The number of allylic oxidation sites excluding steroid dienone is 1. The molecule has 1 amide bonds. The Labute approximate surface area is 89.7 Å². The van der Waals surface area contributed by atoms with E-state index in [1.807, 2.05) is 41.4 Å². The molecule has 0 spiro atoms.